The lowest BCUT2D eigenvalue weighted by molar-refractivity contribution is -0.480. The molecule has 0 spiro atoms. The Bertz CT molecular complexity index is 604. The first-order chi connectivity index (χ1) is 8.15. The number of fused-ring (bicyclic) bond motifs is 1. The van der Waals surface area contributed by atoms with Gasteiger partial charge in [0.1, 0.15) is 0 Å². The number of hydrogen-bond acceptors (Lipinski definition) is 3. The number of rotatable bonds is 4. The van der Waals surface area contributed by atoms with E-state index >= 15 is 0 Å². The third kappa shape index (κ3) is 2.90. The molecule has 0 atom stereocenters. The van der Waals surface area contributed by atoms with Gasteiger partial charge in [-0.2, -0.15) is 0 Å². The summed E-state index contributed by atoms with van der Waals surface area (Å²) in [5.74, 6) is 0. The zero-order valence-electron chi connectivity index (χ0n) is 9.18. The Labute approximate surface area is 97.2 Å². The summed E-state index contributed by atoms with van der Waals surface area (Å²) in [6, 6.07) is 8.90. The van der Waals surface area contributed by atoms with Gasteiger partial charge in [0.15, 0.2) is 0 Å². The molecule has 0 aliphatic rings. The molecule has 0 saturated heterocycles. The number of hydrogen-bond donors (Lipinski definition) is 1. The van der Waals surface area contributed by atoms with E-state index in [0.29, 0.717) is 12.8 Å². The highest BCUT2D eigenvalue weighted by Gasteiger charge is 2.00. The lowest BCUT2D eigenvalue weighted by atomic mass is 10.1. The number of nitro groups is 1. The minimum Gasteiger partial charge on any atom is -0.322 e. The summed E-state index contributed by atoms with van der Waals surface area (Å²) in [6.45, 7) is -0.0103. The third-order valence-corrected chi connectivity index (χ3v) is 2.59. The highest BCUT2D eigenvalue weighted by atomic mass is 16.6. The van der Waals surface area contributed by atoms with Gasteiger partial charge in [-0.3, -0.25) is 14.9 Å². The Morgan fingerprint density at radius 1 is 1.24 bits per heavy atom. The van der Waals surface area contributed by atoms with E-state index in [2.05, 4.69) is 4.98 Å². The zero-order valence-corrected chi connectivity index (χ0v) is 9.18. The van der Waals surface area contributed by atoms with Crippen molar-refractivity contribution in [1.29, 1.82) is 0 Å². The van der Waals surface area contributed by atoms with Crippen LogP contribution in [0.3, 0.4) is 0 Å². The van der Waals surface area contributed by atoms with Gasteiger partial charge in [0.05, 0.1) is 0 Å². The van der Waals surface area contributed by atoms with Gasteiger partial charge in [0, 0.05) is 22.9 Å². The van der Waals surface area contributed by atoms with Crippen LogP contribution in [0.1, 0.15) is 12.0 Å². The minimum absolute atomic E-state index is 0.0103. The first-order valence-corrected chi connectivity index (χ1v) is 5.39. The number of nitrogens with zero attached hydrogens (tertiary/aromatic N) is 1. The molecule has 0 aliphatic heterocycles. The Morgan fingerprint density at radius 3 is 2.82 bits per heavy atom. The fourth-order valence-corrected chi connectivity index (χ4v) is 1.77. The number of nitrogens with one attached hydrogen (secondary N) is 1. The first kappa shape index (κ1) is 11.3. The molecule has 2 aromatic rings. The van der Waals surface area contributed by atoms with E-state index in [1.807, 2.05) is 18.2 Å². The Kier molecular flexibility index (Phi) is 3.18. The van der Waals surface area contributed by atoms with Crippen molar-refractivity contribution in [2.24, 2.45) is 0 Å². The van der Waals surface area contributed by atoms with E-state index in [0.717, 1.165) is 16.5 Å². The van der Waals surface area contributed by atoms with Crippen molar-refractivity contribution in [3.8, 4) is 0 Å². The molecular weight excluding hydrogens is 220 g/mol. The monoisotopic (exact) mass is 232 g/mol. The van der Waals surface area contributed by atoms with Crippen LogP contribution in [0.15, 0.2) is 35.1 Å². The molecule has 0 aliphatic carbocycles. The molecule has 0 fully saturated rings. The summed E-state index contributed by atoms with van der Waals surface area (Å²) in [5.41, 5.74) is 1.71. The van der Waals surface area contributed by atoms with Crippen LogP contribution in [-0.4, -0.2) is 16.5 Å². The summed E-state index contributed by atoms with van der Waals surface area (Å²) >= 11 is 0. The molecule has 0 amide bonds. The van der Waals surface area contributed by atoms with Crippen LogP contribution >= 0.6 is 0 Å². The molecule has 1 heterocycles. The number of aromatic nitrogens is 1. The van der Waals surface area contributed by atoms with Gasteiger partial charge in [-0.05, 0) is 35.6 Å². The number of pyridine rings is 1. The van der Waals surface area contributed by atoms with Crippen molar-refractivity contribution in [2.75, 3.05) is 6.54 Å². The molecule has 1 aromatic heterocycles. The fraction of sp³-hybridized carbons (Fsp3) is 0.250. The fourth-order valence-electron chi connectivity index (χ4n) is 1.77. The van der Waals surface area contributed by atoms with E-state index in [1.165, 1.54) is 6.07 Å². The summed E-state index contributed by atoms with van der Waals surface area (Å²) < 4.78 is 0. The number of H-pyrrole nitrogens is 1. The molecule has 2 rings (SSSR count). The molecule has 88 valence electrons. The molecule has 5 heteroatoms. The van der Waals surface area contributed by atoms with Crippen molar-refractivity contribution in [3.05, 3.63) is 56.4 Å². The van der Waals surface area contributed by atoms with E-state index < -0.39 is 0 Å². The van der Waals surface area contributed by atoms with Gasteiger partial charge in [-0.25, -0.2) is 0 Å². The largest absolute Gasteiger partial charge is 0.322 e. The topological polar surface area (TPSA) is 76.0 Å². The van der Waals surface area contributed by atoms with Crippen LogP contribution < -0.4 is 5.56 Å². The van der Waals surface area contributed by atoms with E-state index in [4.69, 9.17) is 0 Å². The highest BCUT2D eigenvalue weighted by Crippen LogP contribution is 2.13. The van der Waals surface area contributed by atoms with Gasteiger partial charge >= 0.3 is 0 Å². The molecule has 0 unspecified atom stereocenters. The number of aromatic amines is 1. The van der Waals surface area contributed by atoms with E-state index in [9.17, 15) is 14.9 Å². The summed E-state index contributed by atoms with van der Waals surface area (Å²) in [7, 11) is 0. The molecule has 17 heavy (non-hydrogen) atoms. The average molecular weight is 232 g/mol. The second-order valence-corrected chi connectivity index (χ2v) is 3.90. The summed E-state index contributed by atoms with van der Waals surface area (Å²) in [5, 5.41) is 11.2. The van der Waals surface area contributed by atoms with Crippen LogP contribution in [0.5, 0.6) is 0 Å². The van der Waals surface area contributed by atoms with Crippen molar-refractivity contribution in [2.45, 2.75) is 12.8 Å². The standard InChI is InChI=1S/C12H12N2O3/c15-12-6-4-10-8-9(2-1-7-14(16)17)3-5-11(10)13-12/h3-6,8H,1-2,7H2,(H,13,15). The van der Waals surface area contributed by atoms with Crippen LogP contribution in [0, 0.1) is 10.1 Å². The van der Waals surface area contributed by atoms with Gasteiger partial charge in [0.2, 0.25) is 12.1 Å². The zero-order chi connectivity index (χ0) is 12.3. The predicted molar refractivity (Wildman–Crippen MR) is 64.8 cm³/mol. The van der Waals surface area contributed by atoms with E-state index in [-0.39, 0.29) is 17.0 Å². The van der Waals surface area contributed by atoms with E-state index in [1.54, 1.807) is 6.07 Å². The average Bonchev–Trinajstić information content (AvgIpc) is 2.29. The molecule has 1 aromatic carbocycles. The van der Waals surface area contributed by atoms with Crippen molar-refractivity contribution < 1.29 is 4.92 Å². The smallest absolute Gasteiger partial charge is 0.248 e. The second kappa shape index (κ2) is 4.78. The molecule has 0 bridgehead atoms. The van der Waals surface area contributed by atoms with Crippen LogP contribution in [-0.2, 0) is 6.42 Å². The lowest BCUT2D eigenvalue weighted by Crippen LogP contribution is -2.03. The maximum absolute atomic E-state index is 11.1. The van der Waals surface area contributed by atoms with Crippen molar-refractivity contribution in [1.82, 2.24) is 4.98 Å². The summed E-state index contributed by atoms with van der Waals surface area (Å²) in [4.78, 5) is 23.7. The van der Waals surface area contributed by atoms with Gasteiger partial charge in [-0.15, -0.1) is 0 Å². The molecule has 5 nitrogen and oxygen atoms in total. The Morgan fingerprint density at radius 2 is 2.06 bits per heavy atom. The van der Waals surface area contributed by atoms with Gasteiger partial charge < -0.3 is 4.98 Å². The SMILES string of the molecule is O=c1ccc2cc(CCC[N+](=O)[O-])ccc2[nH]1. The molecule has 1 N–H and O–H groups in total. The third-order valence-electron chi connectivity index (χ3n) is 2.59. The highest BCUT2D eigenvalue weighted by molar-refractivity contribution is 5.78. The number of benzene rings is 1. The lowest BCUT2D eigenvalue weighted by Gasteiger charge is -2.02. The second-order valence-electron chi connectivity index (χ2n) is 3.90. The van der Waals surface area contributed by atoms with Gasteiger partial charge in [0.25, 0.3) is 0 Å². The summed E-state index contributed by atoms with van der Waals surface area (Å²) in [6.07, 6.45) is 1.21. The first-order valence-electron chi connectivity index (χ1n) is 5.39. The van der Waals surface area contributed by atoms with Crippen molar-refractivity contribution in [3.63, 3.8) is 0 Å². The quantitative estimate of drug-likeness (QED) is 0.644. The molecule has 0 saturated carbocycles. The maximum Gasteiger partial charge on any atom is 0.248 e. The Hall–Kier alpha value is -2.17. The van der Waals surface area contributed by atoms with Crippen molar-refractivity contribution >= 4 is 10.9 Å². The normalized spacial score (nSPS) is 10.6. The number of aryl methyl sites for hydroxylation is 1. The molecule has 0 radical (unpaired) electrons. The minimum atomic E-state index is -0.307. The predicted octanol–water partition coefficient (Wildman–Crippen LogP) is 1.74. The Balaban J connectivity index is 2.17. The van der Waals surface area contributed by atoms with Crippen LogP contribution in [0.4, 0.5) is 0 Å². The molecular formula is C12H12N2O3. The van der Waals surface area contributed by atoms with Crippen LogP contribution in [0.25, 0.3) is 10.9 Å². The maximum atomic E-state index is 11.1. The van der Waals surface area contributed by atoms with Gasteiger partial charge in [-0.1, -0.05) is 6.07 Å². The van der Waals surface area contributed by atoms with Crippen LogP contribution in [0.2, 0.25) is 0 Å².